The maximum absolute atomic E-state index is 11.4. The third-order valence-corrected chi connectivity index (χ3v) is 5.86. The summed E-state index contributed by atoms with van der Waals surface area (Å²) in [6.07, 6.45) is 2.11. The van der Waals surface area contributed by atoms with Crippen molar-refractivity contribution in [1.29, 1.82) is 0 Å². The van der Waals surface area contributed by atoms with Crippen molar-refractivity contribution < 1.29 is 5.11 Å². The maximum atomic E-state index is 11.4. The molecule has 3 aromatic rings. The molecule has 0 amide bonds. The van der Waals surface area contributed by atoms with Gasteiger partial charge in [-0.2, -0.15) is 0 Å². The molecular weight excluding hydrogens is 392 g/mol. The lowest BCUT2D eigenvalue weighted by molar-refractivity contribution is 0.0150. The Balaban J connectivity index is 1.78. The summed E-state index contributed by atoms with van der Waals surface area (Å²) in [6, 6.07) is 31.6. The zero-order valence-corrected chi connectivity index (χ0v) is 19.5. The predicted molar refractivity (Wildman–Crippen MR) is 134 cm³/mol. The second kappa shape index (κ2) is 13.2. The van der Waals surface area contributed by atoms with Crippen LogP contribution in [0, 0.1) is 5.92 Å². The predicted octanol–water partition coefficient (Wildman–Crippen LogP) is 5.64. The molecule has 3 nitrogen and oxygen atoms in total. The van der Waals surface area contributed by atoms with Gasteiger partial charge < -0.3 is 5.11 Å². The standard InChI is InChI=1S/C29H38N2O/c1-24(2)20-21-30-29(28(32)19-18-25-12-6-3-7-13-25)31(22-26-14-8-4-9-15-26)23-27-16-10-5-11-17-27/h3-17,24,28-30,32H,18-23H2,1-2H3/t28-,29?/m0/s1. The first-order valence-electron chi connectivity index (χ1n) is 11.9. The highest BCUT2D eigenvalue weighted by Crippen LogP contribution is 2.18. The van der Waals surface area contributed by atoms with Crippen molar-refractivity contribution in [3.63, 3.8) is 0 Å². The first-order valence-corrected chi connectivity index (χ1v) is 11.9. The van der Waals surface area contributed by atoms with E-state index in [4.69, 9.17) is 0 Å². The molecule has 2 atom stereocenters. The number of nitrogens with zero attached hydrogens (tertiary/aromatic N) is 1. The van der Waals surface area contributed by atoms with Crippen molar-refractivity contribution in [2.45, 2.75) is 58.5 Å². The lowest BCUT2D eigenvalue weighted by Crippen LogP contribution is -2.52. The Kier molecular flexibility index (Phi) is 9.96. The number of benzene rings is 3. The summed E-state index contributed by atoms with van der Waals surface area (Å²) in [5.74, 6) is 0.626. The fraction of sp³-hybridized carbons (Fsp3) is 0.379. The molecule has 0 aromatic heterocycles. The smallest absolute Gasteiger partial charge is 0.0870 e. The van der Waals surface area contributed by atoms with E-state index in [2.05, 4.69) is 109 Å². The largest absolute Gasteiger partial charge is 0.390 e. The van der Waals surface area contributed by atoms with E-state index in [1.807, 2.05) is 6.07 Å². The fourth-order valence-corrected chi connectivity index (χ4v) is 4.03. The minimum atomic E-state index is -0.463. The van der Waals surface area contributed by atoms with Crippen molar-refractivity contribution in [3.8, 4) is 0 Å². The molecule has 0 aliphatic heterocycles. The number of aliphatic hydroxyl groups excluding tert-OH is 1. The van der Waals surface area contributed by atoms with E-state index in [1.54, 1.807) is 0 Å². The van der Waals surface area contributed by atoms with Crippen molar-refractivity contribution in [2.24, 2.45) is 5.92 Å². The van der Waals surface area contributed by atoms with E-state index >= 15 is 0 Å². The van der Waals surface area contributed by atoms with Crippen LogP contribution in [-0.2, 0) is 19.5 Å². The molecule has 0 heterocycles. The Labute approximate surface area is 194 Å². The SMILES string of the molecule is CC(C)CCNC([C@@H](O)CCc1ccccc1)N(Cc1ccccc1)Cc1ccccc1. The highest BCUT2D eigenvalue weighted by Gasteiger charge is 2.26. The molecule has 0 fully saturated rings. The lowest BCUT2D eigenvalue weighted by Gasteiger charge is -2.36. The van der Waals surface area contributed by atoms with Crippen LogP contribution in [0.15, 0.2) is 91.0 Å². The summed E-state index contributed by atoms with van der Waals surface area (Å²) >= 11 is 0. The van der Waals surface area contributed by atoms with Gasteiger partial charge in [0.05, 0.1) is 12.3 Å². The van der Waals surface area contributed by atoms with Gasteiger partial charge in [-0.1, -0.05) is 105 Å². The van der Waals surface area contributed by atoms with E-state index in [0.717, 1.165) is 38.9 Å². The summed E-state index contributed by atoms with van der Waals surface area (Å²) in [5.41, 5.74) is 3.79. The molecule has 0 radical (unpaired) electrons. The van der Waals surface area contributed by atoms with Crippen molar-refractivity contribution in [1.82, 2.24) is 10.2 Å². The van der Waals surface area contributed by atoms with Crippen LogP contribution >= 0.6 is 0 Å². The zero-order valence-electron chi connectivity index (χ0n) is 19.5. The molecule has 0 aliphatic rings. The van der Waals surface area contributed by atoms with E-state index in [1.165, 1.54) is 16.7 Å². The Hall–Kier alpha value is -2.46. The van der Waals surface area contributed by atoms with Gasteiger partial charge in [-0.05, 0) is 48.4 Å². The lowest BCUT2D eigenvalue weighted by atomic mass is 10.0. The van der Waals surface area contributed by atoms with Gasteiger partial charge in [0, 0.05) is 13.1 Å². The summed E-state index contributed by atoms with van der Waals surface area (Å²) in [6.45, 7) is 6.96. The molecule has 3 heteroatoms. The molecule has 0 bridgehead atoms. The molecule has 2 N–H and O–H groups in total. The minimum Gasteiger partial charge on any atom is -0.390 e. The second-order valence-electron chi connectivity index (χ2n) is 9.05. The Morgan fingerprint density at radius 2 is 1.16 bits per heavy atom. The van der Waals surface area contributed by atoms with Crippen LogP contribution < -0.4 is 5.32 Å². The summed E-state index contributed by atoms with van der Waals surface area (Å²) < 4.78 is 0. The van der Waals surface area contributed by atoms with Crippen LogP contribution in [0.4, 0.5) is 0 Å². The van der Waals surface area contributed by atoms with Crippen LogP contribution in [0.5, 0.6) is 0 Å². The first-order chi connectivity index (χ1) is 15.6. The summed E-state index contributed by atoms with van der Waals surface area (Å²) in [5, 5.41) is 15.1. The van der Waals surface area contributed by atoms with Gasteiger partial charge in [0.25, 0.3) is 0 Å². The fourth-order valence-electron chi connectivity index (χ4n) is 4.03. The Bertz CT molecular complexity index is 826. The van der Waals surface area contributed by atoms with Gasteiger partial charge in [0.2, 0.25) is 0 Å². The van der Waals surface area contributed by atoms with Crippen molar-refractivity contribution in [2.75, 3.05) is 6.54 Å². The average Bonchev–Trinajstić information content (AvgIpc) is 2.82. The molecular formula is C29H38N2O. The van der Waals surface area contributed by atoms with Gasteiger partial charge >= 0.3 is 0 Å². The number of aliphatic hydroxyl groups is 1. The van der Waals surface area contributed by atoms with Gasteiger partial charge in [-0.15, -0.1) is 0 Å². The number of aryl methyl sites for hydroxylation is 1. The van der Waals surface area contributed by atoms with Crippen LogP contribution in [0.25, 0.3) is 0 Å². The van der Waals surface area contributed by atoms with Crippen molar-refractivity contribution in [3.05, 3.63) is 108 Å². The third kappa shape index (κ3) is 8.23. The molecule has 3 aromatic carbocycles. The van der Waals surface area contributed by atoms with Gasteiger partial charge in [0.1, 0.15) is 0 Å². The molecule has 0 saturated carbocycles. The first kappa shape index (κ1) is 24.2. The van der Waals surface area contributed by atoms with Crippen LogP contribution in [0.3, 0.4) is 0 Å². The quantitative estimate of drug-likeness (QED) is 0.344. The molecule has 0 saturated heterocycles. The number of nitrogens with one attached hydrogen (secondary N) is 1. The van der Waals surface area contributed by atoms with Crippen LogP contribution in [0.2, 0.25) is 0 Å². The second-order valence-corrected chi connectivity index (χ2v) is 9.05. The monoisotopic (exact) mass is 430 g/mol. The zero-order chi connectivity index (χ0) is 22.6. The molecule has 170 valence electrons. The van der Waals surface area contributed by atoms with E-state index in [-0.39, 0.29) is 6.17 Å². The highest BCUT2D eigenvalue weighted by molar-refractivity contribution is 5.18. The van der Waals surface area contributed by atoms with Gasteiger partial charge in [-0.25, -0.2) is 0 Å². The van der Waals surface area contributed by atoms with Crippen molar-refractivity contribution >= 4 is 0 Å². The number of rotatable bonds is 13. The van der Waals surface area contributed by atoms with E-state index in [9.17, 15) is 5.11 Å². The Morgan fingerprint density at radius 1 is 0.688 bits per heavy atom. The summed E-state index contributed by atoms with van der Waals surface area (Å²) in [4.78, 5) is 2.39. The average molecular weight is 431 g/mol. The third-order valence-electron chi connectivity index (χ3n) is 5.86. The summed E-state index contributed by atoms with van der Waals surface area (Å²) in [7, 11) is 0. The molecule has 1 unspecified atom stereocenters. The topological polar surface area (TPSA) is 35.5 Å². The highest BCUT2D eigenvalue weighted by atomic mass is 16.3. The Morgan fingerprint density at radius 3 is 1.62 bits per heavy atom. The minimum absolute atomic E-state index is 0.113. The van der Waals surface area contributed by atoms with Crippen LogP contribution in [-0.4, -0.2) is 28.8 Å². The molecule has 0 aliphatic carbocycles. The molecule has 32 heavy (non-hydrogen) atoms. The van der Waals surface area contributed by atoms with E-state index in [0.29, 0.717) is 5.92 Å². The van der Waals surface area contributed by atoms with Crippen LogP contribution in [0.1, 0.15) is 43.4 Å². The molecule has 0 spiro atoms. The van der Waals surface area contributed by atoms with Gasteiger partial charge in [-0.3, -0.25) is 10.2 Å². The van der Waals surface area contributed by atoms with E-state index < -0.39 is 6.10 Å². The maximum Gasteiger partial charge on any atom is 0.0870 e. The number of hydrogen-bond donors (Lipinski definition) is 2. The normalized spacial score (nSPS) is 13.4. The van der Waals surface area contributed by atoms with Gasteiger partial charge in [0.15, 0.2) is 0 Å². The molecule has 3 rings (SSSR count). The number of hydrogen-bond acceptors (Lipinski definition) is 3.